The molecule has 0 aromatic heterocycles. The molecule has 2 rings (SSSR count). The summed E-state index contributed by atoms with van der Waals surface area (Å²) in [6.45, 7) is 2.74. The molecule has 1 atom stereocenters. The molecule has 1 unspecified atom stereocenters. The number of nitrogens with zero attached hydrogens (tertiary/aromatic N) is 1. The molecule has 0 spiro atoms. The molecule has 0 radical (unpaired) electrons. The Bertz CT molecular complexity index is 416. The van der Waals surface area contributed by atoms with Gasteiger partial charge in [0, 0.05) is 25.3 Å². The maximum Gasteiger partial charge on any atom is 0.123 e. The number of aliphatic hydroxyl groups excluding tert-OH is 1. The van der Waals surface area contributed by atoms with Crippen LogP contribution in [-0.4, -0.2) is 24.8 Å². The van der Waals surface area contributed by atoms with E-state index in [9.17, 15) is 9.50 Å². The van der Waals surface area contributed by atoms with E-state index in [0.717, 1.165) is 30.6 Å². The van der Waals surface area contributed by atoms with E-state index in [1.165, 1.54) is 12.1 Å². The van der Waals surface area contributed by atoms with Crippen molar-refractivity contribution in [2.75, 3.05) is 18.5 Å². The summed E-state index contributed by atoms with van der Waals surface area (Å²) in [4.78, 5) is 2.11. The molecule has 0 amide bonds. The van der Waals surface area contributed by atoms with E-state index in [1.54, 1.807) is 6.07 Å². The quantitative estimate of drug-likeness (QED) is 0.862. The molecule has 0 heterocycles. The Balaban J connectivity index is 2.11. The van der Waals surface area contributed by atoms with Crippen LogP contribution in [0.3, 0.4) is 0 Å². The minimum atomic E-state index is -0.251. The van der Waals surface area contributed by atoms with Gasteiger partial charge in [-0.15, -0.1) is 0 Å². The van der Waals surface area contributed by atoms with Crippen molar-refractivity contribution in [1.82, 2.24) is 0 Å². The first-order valence-electron chi connectivity index (χ1n) is 6.41. The van der Waals surface area contributed by atoms with Gasteiger partial charge in [0.1, 0.15) is 5.82 Å². The summed E-state index contributed by atoms with van der Waals surface area (Å²) in [6.07, 6.45) is 1.59. The van der Waals surface area contributed by atoms with Crippen LogP contribution in [-0.2, 0) is 0 Å². The number of rotatable bonds is 4. The zero-order valence-corrected chi connectivity index (χ0v) is 10.9. The second kappa shape index (κ2) is 5.24. The molecular weight excluding hydrogens is 231 g/mol. The fourth-order valence-corrected chi connectivity index (χ4v) is 2.57. The Hall–Kier alpha value is -1.13. The number of hydrogen-bond acceptors (Lipinski definition) is 3. The molecule has 1 aliphatic carbocycles. The first kappa shape index (κ1) is 13.3. The molecule has 1 saturated carbocycles. The van der Waals surface area contributed by atoms with Crippen molar-refractivity contribution in [1.29, 1.82) is 0 Å². The summed E-state index contributed by atoms with van der Waals surface area (Å²) in [7, 11) is 1.99. The molecule has 3 nitrogen and oxygen atoms in total. The third-order valence-electron chi connectivity index (χ3n) is 3.63. The van der Waals surface area contributed by atoms with Gasteiger partial charge in [0.25, 0.3) is 0 Å². The van der Waals surface area contributed by atoms with Gasteiger partial charge in [-0.2, -0.15) is 0 Å². The lowest BCUT2D eigenvalue weighted by Crippen LogP contribution is -2.37. The van der Waals surface area contributed by atoms with Crippen LogP contribution in [0.4, 0.5) is 10.1 Å². The van der Waals surface area contributed by atoms with Crippen molar-refractivity contribution in [3.63, 3.8) is 0 Å². The van der Waals surface area contributed by atoms with Gasteiger partial charge in [0.2, 0.25) is 0 Å². The lowest BCUT2D eigenvalue weighted by Gasteiger charge is -2.36. The SMILES string of the molecule is CC(N)c1cc(F)ccc1N(C)CC1CC(O)C1. The fourth-order valence-electron chi connectivity index (χ4n) is 2.57. The van der Waals surface area contributed by atoms with Crippen molar-refractivity contribution in [3.8, 4) is 0 Å². The van der Waals surface area contributed by atoms with Crippen LogP contribution in [0.5, 0.6) is 0 Å². The average molecular weight is 252 g/mol. The highest BCUT2D eigenvalue weighted by Crippen LogP contribution is 2.31. The third kappa shape index (κ3) is 2.82. The number of halogens is 1. The summed E-state index contributed by atoms with van der Waals surface area (Å²) in [5, 5.41) is 9.29. The van der Waals surface area contributed by atoms with Crippen molar-refractivity contribution >= 4 is 5.69 Å². The molecule has 1 fully saturated rings. The lowest BCUT2D eigenvalue weighted by molar-refractivity contribution is 0.0464. The van der Waals surface area contributed by atoms with Crippen LogP contribution in [0, 0.1) is 11.7 Å². The van der Waals surface area contributed by atoms with Crippen molar-refractivity contribution in [2.45, 2.75) is 31.9 Å². The maximum absolute atomic E-state index is 13.3. The zero-order chi connectivity index (χ0) is 13.3. The number of benzene rings is 1. The monoisotopic (exact) mass is 252 g/mol. The Morgan fingerprint density at radius 2 is 2.17 bits per heavy atom. The van der Waals surface area contributed by atoms with Crippen molar-refractivity contribution < 1.29 is 9.50 Å². The summed E-state index contributed by atoms with van der Waals surface area (Å²) < 4.78 is 13.3. The van der Waals surface area contributed by atoms with E-state index in [1.807, 2.05) is 14.0 Å². The molecule has 1 aromatic carbocycles. The van der Waals surface area contributed by atoms with E-state index in [-0.39, 0.29) is 18.0 Å². The number of hydrogen-bond donors (Lipinski definition) is 2. The highest BCUT2D eigenvalue weighted by molar-refractivity contribution is 5.54. The minimum absolute atomic E-state index is 0.135. The lowest BCUT2D eigenvalue weighted by atomic mass is 9.82. The molecule has 1 aliphatic rings. The Morgan fingerprint density at radius 1 is 1.50 bits per heavy atom. The summed E-state index contributed by atoms with van der Waals surface area (Å²) >= 11 is 0. The topological polar surface area (TPSA) is 49.5 Å². The molecule has 0 aliphatic heterocycles. The molecule has 0 bridgehead atoms. The van der Waals surface area contributed by atoms with Crippen molar-refractivity contribution in [2.24, 2.45) is 11.7 Å². The predicted octanol–water partition coefficient (Wildman–Crippen LogP) is 2.05. The standard InChI is InChI=1S/C14H21FN2O/c1-9(16)13-7-11(15)3-4-14(13)17(2)8-10-5-12(18)6-10/h3-4,7,9-10,12,18H,5-6,8,16H2,1-2H3. The van der Waals surface area contributed by atoms with Gasteiger partial charge in [0.05, 0.1) is 6.10 Å². The molecule has 3 N–H and O–H groups in total. The Kier molecular flexibility index (Phi) is 3.88. The van der Waals surface area contributed by atoms with E-state index in [4.69, 9.17) is 5.73 Å². The maximum atomic E-state index is 13.3. The Morgan fingerprint density at radius 3 is 2.72 bits per heavy atom. The molecule has 18 heavy (non-hydrogen) atoms. The van der Waals surface area contributed by atoms with E-state index < -0.39 is 0 Å². The zero-order valence-electron chi connectivity index (χ0n) is 10.9. The number of aliphatic hydroxyl groups is 1. The van der Waals surface area contributed by atoms with E-state index in [2.05, 4.69) is 4.90 Å². The van der Waals surface area contributed by atoms with Gasteiger partial charge < -0.3 is 15.7 Å². The van der Waals surface area contributed by atoms with E-state index in [0.29, 0.717) is 5.92 Å². The van der Waals surface area contributed by atoms with Crippen LogP contribution in [0.25, 0.3) is 0 Å². The second-order valence-corrected chi connectivity index (χ2v) is 5.36. The van der Waals surface area contributed by atoms with Crippen LogP contribution < -0.4 is 10.6 Å². The first-order chi connectivity index (χ1) is 8.47. The summed E-state index contributed by atoms with van der Waals surface area (Å²) in [5.74, 6) is 0.273. The smallest absolute Gasteiger partial charge is 0.123 e. The van der Waals surface area contributed by atoms with Gasteiger partial charge in [-0.25, -0.2) is 4.39 Å². The van der Waals surface area contributed by atoms with Gasteiger partial charge in [-0.1, -0.05) is 0 Å². The van der Waals surface area contributed by atoms with Gasteiger partial charge in [0.15, 0.2) is 0 Å². The summed E-state index contributed by atoms with van der Waals surface area (Å²) in [6, 6.07) is 4.56. The minimum Gasteiger partial charge on any atom is -0.393 e. The van der Waals surface area contributed by atoms with Crippen molar-refractivity contribution in [3.05, 3.63) is 29.6 Å². The van der Waals surface area contributed by atoms with Gasteiger partial charge in [-0.05, 0) is 49.4 Å². The molecular formula is C14H21FN2O. The molecule has 1 aromatic rings. The molecule has 0 saturated heterocycles. The average Bonchev–Trinajstić information content (AvgIpc) is 2.26. The van der Waals surface area contributed by atoms with E-state index >= 15 is 0 Å². The van der Waals surface area contributed by atoms with Gasteiger partial charge in [-0.3, -0.25) is 0 Å². The highest BCUT2D eigenvalue weighted by atomic mass is 19.1. The first-order valence-corrected chi connectivity index (χ1v) is 6.41. The molecule has 4 heteroatoms. The van der Waals surface area contributed by atoms with Crippen LogP contribution in [0.15, 0.2) is 18.2 Å². The van der Waals surface area contributed by atoms with Crippen LogP contribution in [0.2, 0.25) is 0 Å². The largest absolute Gasteiger partial charge is 0.393 e. The number of nitrogens with two attached hydrogens (primary N) is 1. The fraction of sp³-hybridized carbons (Fsp3) is 0.571. The van der Waals surface area contributed by atoms with Crippen LogP contribution in [0.1, 0.15) is 31.4 Å². The van der Waals surface area contributed by atoms with Crippen LogP contribution >= 0.6 is 0 Å². The third-order valence-corrected chi connectivity index (χ3v) is 3.63. The molecule has 100 valence electrons. The summed E-state index contributed by atoms with van der Waals surface area (Å²) in [5.41, 5.74) is 7.70. The second-order valence-electron chi connectivity index (χ2n) is 5.36. The highest BCUT2D eigenvalue weighted by Gasteiger charge is 2.28. The Labute approximate surface area is 107 Å². The predicted molar refractivity (Wildman–Crippen MR) is 71.0 cm³/mol. The normalized spacial score (nSPS) is 24.5. The van der Waals surface area contributed by atoms with Gasteiger partial charge >= 0.3 is 0 Å². The number of anilines is 1.